The van der Waals surface area contributed by atoms with Crippen molar-refractivity contribution in [2.45, 2.75) is 18.9 Å². The first-order valence-electron chi connectivity index (χ1n) is 8.15. The van der Waals surface area contributed by atoms with E-state index in [9.17, 15) is 15.0 Å². The minimum absolute atomic E-state index is 0.166. The number of nitrogens with zero attached hydrogens (tertiary/aromatic N) is 2. The van der Waals surface area contributed by atoms with Crippen molar-refractivity contribution in [2.24, 2.45) is 0 Å². The van der Waals surface area contributed by atoms with Gasteiger partial charge in [0, 0.05) is 18.2 Å². The molecule has 1 fully saturated rings. The number of likely N-dealkylation sites (tertiary alicyclic amines) is 1. The average Bonchev–Trinajstić information content (AvgIpc) is 2.97. The number of para-hydroxylation sites is 1. The molecule has 1 saturated heterocycles. The monoisotopic (exact) mass is 326 g/mol. The van der Waals surface area contributed by atoms with Crippen LogP contribution in [0, 0.1) is 0 Å². The van der Waals surface area contributed by atoms with Gasteiger partial charge in [-0.05, 0) is 50.2 Å². The molecular formula is C19H22N2O3. The van der Waals surface area contributed by atoms with E-state index >= 15 is 0 Å². The Kier molecular flexibility index (Phi) is 4.71. The summed E-state index contributed by atoms with van der Waals surface area (Å²) in [5, 5.41) is 19.5. The predicted molar refractivity (Wildman–Crippen MR) is 94.6 cm³/mol. The Morgan fingerprint density at radius 2 is 2.04 bits per heavy atom. The number of rotatable bonds is 4. The summed E-state index contributed by atoms with van der Waals surface area (Å²) in [4.78, 5) is 15.5. The summed E-state index contributed by atoms with van der Waals surface area (Å²) < 4.78 is 0. The SMILES string of the molecule is CN1CCCC1CN(C(=O)O)c1ccccc1-c1cccc(O)c1. The molecule has 3 rings (SSSR count). The summed E-state index contributed by atoms with van der Waals surface area (Å²) in [5.41, 5.74) is 2.25. The highest BCUT2D eigenvalue weighted by atomic mass is 16.4. The molecule has 0 saturated carbocycles. The molecule has 1 heterocycles. The summed E-state index contributed by atoms with van der Waals surface area (Å²) in [7, 11) is 2.04. The summed E-state index contributed by atoms with van der Waals surface area (Å²) in [6, 6.07) is 14.6. The Morgan fingerprint density at radius 1 is 1.25 bits per heavy atom. The number of hydrogen-bond donors (Lipinski definition) is 2. The molecule has 2 N–H and O–H groups in total. The van der Waals surface area contributed by atoms with Crippen molar-refractivity contribution in [1.29, 1.82) is 0 Å². The van der Waals surface area contributed by atoms with E-state index in [-0.39, 0.29) is 11.8 Å². The Labute approximate surface area is 141 Å². The van der Waals surface area contributed by atoms with E-state index in [0.29, 0.717) is 12.2 Å². The zero-order valence-electron chi connectivity index (χ0n) is 13.7. The minimum Gasteiger partial charge on any atom is -0.508 e. The van der Waals surface area contributed by atoms with E-state index in [4.69, 9.17) is 0 Å². The summed E-state index contributed by atoms with van der Waals surface area (Å²) in [6.07, 6.45) is 1.15. The summed E-state index contributed by atoms with van der Waals surface area (Å²) in [6.45, 7) is 1.45. The highest BCUT2D eigenvalue weighted by Crippen LogP contribution is 2.33. The molecule has 0 radical (unpaired) electrons. The fraction of sp³-hybridized carbons (Fsp3) is 0.316. The lowest BCUT2D eigenvalue weighted by Gasteiger charge is -2.28. The molecular weight excluding hydrogens is 304 g/mol. The number of benzene rings is 2. The van der Waals surface area contributed by atoms with E-state index in [1.165, 1.54) is 4.90 Å². The molecule has 0 aromatic heterocycles. The molecule has 1 aliphatic rings. The molecule has 5 nitrogen and oxygen atoms in total. The maximum atomic E-state index is 11.9. The molecule has 1 amide bonds. The topological polar surface area (TPSA) is 64.0 Å². The van der Waals surface area contributed by atoms with Crippen LogP contribution < -0.4 is 4.90 Å². The van der Waals surface area contributed by atoms with Crippen molar-refractivity contribution in [3.63, 3.8) is 0 Å². The molecule has 0 bridgehead atoms. The van der Waals surface area contributed by atoms with Crippen LogP contribution in [0.3, 0.4) is 0 Å². The first-order chi connectivity index (χ1) is 11.6. The number of amides is 1. The van der Waals surface area contributed by atoms with Gasteiger partial charge in [-0.15, -0.1) is 0 Å². The molecule has 1 aliphatic heterocycles. The second-order valence-corrected chi connectivity index (χ2v) is 6.24. The van der Waals surface area contributed by atoms with Crippen LogP contribution in [0.5, 0.6) is 5.75 Å². The molecule has 2 aromatic rings. The number of hydrogen-bond acceptors (Lipinski definition) is 3. The van der Waals surface area contributed by atoms with E-state index in [1.807, 2.05) is 37.4 Å². The summed E-state index contributed by atoms with van der Waals surface area (Å²) in [5.74, 6) is 0.166. The van der Waals surface area contributed by atoms with Crippen LogP contribution in [0.15, 0.2) is 48.5 Å². The highest BCUT2D eigenvalue weighted by Gasteiger charge is 2.27. The van der Waals surface area contributed by atoms with E-state index in [1.54, 1.807) is 18.2 Å². The lowest BCUT2D eigenvalue weighted by atomic mass is 10.0. The van der Waals surface area contributed by atoms with Gasteiger partial charge in [0.05, 0.1) is 5.69 Å². The third kappa shape index (κ3) is 3.36. The van der Waals surface area contributed by atoms with Crippen molar-refractivity contribution in [3.8, 4) is 16.9 Å². The predicted octanol–water partition coefficient (Wildman–Crippen LogP) is 3.64. The van der Waals surface area contributed by atoms with Crippen LogP contribution >= 0.6 is 0 Å². The Morgan fingerprint density at radius 3 is 2.71 bits per heavy atom. The Bertz CT molecular complexity index is 732. The molecule has 24 heavy (non-hydrogen) atoms. The lowest BCUT2D eigenvalue weighted by molar-refractivity contribution is 0.198. The number of phenols is 1. The Hall–Kier alpha value is -2.53. The van der Waals surface area contributed by atoms with Crippen molar-refractivity contribution in [3.05, 3.63) is 48.5 Å². The fourth-order valence-corrected chi connectivity index (χ4v) is 3.33. The number of anilines is 1. The first kappa shape index (κ1) is 16.3. The third-order valence-corrected chi connectivity index (χ3v) is 4.65. The van der Waals surface area contributed by atoms with Gasteiger partial charge in [0.25, 0.3) is 0 Å². The van der Waals surface area contributed by atoms with Crippen molar-refractivity contribution in [1.82, 2.24) is 4.90 Å². The van der Waals surface area contributed by atoms with Gasteiger partial charge in [-0.25, -0.2) is 4.79 Å². The minimum atomic E-state index is -0.956. The third-order valence-electron chi connectivity index (χ3n) is 4.65. The number of carbonyl (C=O) groups is 1. The van der Waals surface area contributed by atoms with E-state index < -0.39 is 6.09 Å². The molecule has 2 aromatic carbocycles. The Balaban J connectivity index is 1.98. The van der Waals surface area contributed by atoms with Crippen LogP contribution in [0.25, 0.3) is 11.1 Å². The van der Waals surface area contributed by atoms with Crippen molar-refractivity contribution >= 4 is 11.8 Å². The van der Waals surface area contributed by atoms with Crippen molar-refractivity contribution < 1.29 is 15.0 Å². The second-order valence-electron chi connectivity index (χ2n) is 6.24. The number of carboxylic acid groups (broad SMARTS) is 1. The smallest absolute Gasteiger partial charge is 0.411 e. The molecule has 0 spiro atoms. The van der Waals surface area contributed by atoms with Crippen LogP contribution in [0.2, 0.25) is 0 Å². The highest BCUT2D eigenvalue weighted by molar-refractivity contribution is 5.93. The van der Waals surface area contributed by atoms with Gasteiger partial charge in [0.2, 0.25) is 0 Å². The van der Waals surface area contributed by atoms with Gasteiger partial charge in [-0.3, -0.25) is 4.90 Å². The number of phenolic OH excluding ortho intramolecular Hbond substituents is 1. The lowest BCUT2D eigenvalue weighted by Crippen LogP contribution is -2.41. The first-order valence-corrected chi connectivity index (χ1v) is 8.15. The van der Waals surface area contributed by atoms with E-state index in [0.717, 1.165) is 30.5 Å². The second kappa shape index (κ2) is 6.93. The number of likely N-dealkylation sites (N-methyl/N-ethyl adjacent to an activating group) is 1. The van der Waals surface area contributed by atoms with Crippen LogP contribution in [-0.2, 0) is 0 Å². The van der Waals surface area contributed by atoms with Gasteiger partial charge < -0.3 is 15.1 Å². The normalized spacial score (nSPS) is 17.8. The molecule has 1 unspecified atom stereocenters. The van der Waals surface area contributed by atoms with Crippen molar-refractivity contribution in [2.75, 3.05) is 25.0 Å². The molecule has 0 aliphatic carbocycles. The maximum Gasteiger partial charge on any atom is 0.411 e. The average molecular weight is 326 g/mol. The van der Waals surface area contributed by atoms with E-state index in [2.05, 4.69) is 4.90 Å². The number of aromatic hydroxyl groups is 1. The van der Waals surface area contributed by atoms with Gasteiger partial charge in [-0.1, -0.05) is 30.3 Å². The molecule has 1 atom stereocenters. The van der Waals surface area contributed by atoms with Crippen LogP contribution in [-0.4, -0.2) is 47.4 Å². The van der Waals surface area contributed by atoms with Crippen LogP contribution in [0.4, 0.5) is 10.5 Å². The maximum absolute atomic E-state index is 11.9. The van der Waals surface area contributed by atoms with Gasteiger partial charge in [-0.2, -0.15) is 0 Å². The molecule has 126 valence electrons. The zero-order valence-corrected chi connectivity index (χ0v) is 13.7. The van der Waals surface area contributed by atoms with Gasteiger partial charge in [0.1, 0.15) is 5.75 Å². The zero-order chi connectivity index (χ0) is 17.1. The quantitative estimate of drug-likeness (QED) is 0.900. The fourth-order valence-electron chi connectivity index (χ4n) is 3.33. The summed E-state index contributed by atoms with van der Waals surface area (Å²) >= 11 is 0. The van der Waals surface area contributed by atoms with Gasteiger partial charge in [0.15, 0.2) is 0 Å². The van der Waals surface area contributed by atoms with Crippen LogP contribution in [0.1, 0.15) is 12.8 Å². The van der Waals surface area contributed by atoms with Gasteiger partial charge >= 0.3 is 6.09 Å². The standard InChI is InChI=1S/C19H22N2O3/c1-20-11-5-7-15(20)13-21(19(23)24)18-10-3-2-9-17(18)14-6-4-8-16(22)12-14/h2-4,6,8-10,12,15,22H,5,7,11,13H2,1H3,(H,23,24). The largest absolute Gasteiger partial charge is 0.508 e. The molecule has 5 heteroatoms.